The maximum atomic E-state index is 6.00. The third-order valence-electron chi connectivity index (χ3n) is 5.28. The number of ether oxygens (including phenoxy) is 1. The first-order valence-corrected chi connectivity index (χ1v) is 9.62. The van der Waals surface area contributed by atoms with Crippen molar-refractivity contribution in [2.75, 3.05) is 39.4 Å². The van der Waals surface area contributed by atoms with E-state index < -0.39 is 0 Å². The lowest BCUT2D eigenvalue weighted by atomic mass is 9.87. The highest BCUT2D eigenvalue weighted by molar-refractivity contribution is 7.09. The van der Waals surface area contributed by atoms with E-state index in [1.165, 1.54) is 17.8 Å². The predicted molar refractivity (Wildman–Crippen MR) is 96.0 cm³/mol. The van der Waals surface area contributed by atoms with E-state index in [1.54, 1.807) is 0 Å². The molecule has 1 atom stereocenters. The van der Waals surface area contributed by atoms with E-state index in [0.717, 1.165) is 51.8 Å². The van der Waals surface area contributed by atoms with Crippen molar-refractivity contribution in [3.63, 3.8) is 0 Å². The Morgan fingerprint density at radius 3 is 2.88 bits per heavy atom. The van der Waals surface area contributed by atoms with Gasteiger partial charge in [-0.2, -0.15) is 0 Å². The van der Waals surface area contributed by atoms with Crippen LogP contribution in [0.25, 0.3) is 0 Å². The SMILES string of the molecule is Cn1ccnc1CN1CCOC[C@]2(CCN(Cc3cccs3)C2)C1. The zero-order valence-electron chi connectivity index (χ0n) is 14.4. The summed E-state index contributed by atoms with van der Waals surface area (Å²) in [6.45, 7) is 8.15. The van der Waals surface area contributed by atoms with E-state index in [1.807, 2.05) is 23.7 Å². The summed E-state index contributed by atoms with van der Waals surface area (Å²) in [4.78, 5) is 11.1. The van der Waals surface area contributed by atoms with Gasteiger partial charge in [0.15, 0.2) is 0 Å². The lowest BCUT2D eigenvalue weighted by Crippen LogP contribution is -2.40. The first kappa shape index (κ1) is 16.3. The summed E-state index contributed by atoms with van der Waals surface area (Å²) in [5.41, 5.74) is 0.277. The Balaban J connectivity index is 1.41. The summed E-state index contributed by atoms with van der Waals surface area (Å²) in [6.07, 6.45) is 5.14. The van der Waals surface area contributed by atoms with Gasteiger partial charge in [0.1, 0.15) is 5.82 Å². The molecule has 2 aromatic rings. The molecule has 5 nitrogen and oxygen atoms in total. The van der Waals surface area contributed by atoms with Gasteiger partial charge in [0, 0.05) is 55.9 Å². The molecular formula is C18H26N4OS. The molecule has 0 unspecified atom stereocenters. The highest BCUT2D eigenvalue weighted by Crippen LogP contribution is 2.34. The minimum Gasteiger partial charge on any atom is -0.379 e. The summed E-state index contributed by atoms with van der Waals surface area (Å²) in [6, 6.07) is 4.39. The molecule has 2 aromatic heterocycles. The summed E-state index contributed by atoms with van der Waals surface area (Å²) < 4.78 is 8.12. The molecule has 1 spiro atoms. The Morgan fingerprint density at radius 2 is 2.12 bits per heavy atom. The van der Waals surface area contributed by atoms with E-state index in [0.29, 0.717) is 0 Å². The molecule has 6 heteroatoms. The van der Waals surface area contributed by atoms with Crippen LogP contribution in [0.5, 0.6) is 0 Å². The van der Waals surface area contributed by atoms with Crippen LogP contribution >= 0.6 is 11.3 Å². The van der Waals surface area contributed by atoms with Gasteiger partial charge in [-0.25, -0.2) is 4.98 Å². The number of nitrogens with zero attached hydrogens (tertiary/aromatic N) is 4. The average molecular weight is 347 g/mol. The van der Waals surface area contributed by atoms with Crippen LogP contribution in [0, 0.1) is 5.41 Å². The number of aromatic nitrogens is 2. The van der Waals surface area contributed by atoms with Crippen molar-refractivity contribution in [1.29, 1.82) is 0 Å². The molecule has 0 aliphatic carbocycles. The zero-order chi connectivity index (χ0) is 16.4. The van der Waals surface area contributed by atoms with Crippen molar-refractivity contribution in [3.05, 3.63) is 40.6 Å². The molecule has 2 aliphatic heterocycles. The Labute approximate surface area is 147 Å². The molecule has 130 valence electrons. The van der Waals surface area contributed by atoms with Crippen LogP contribution < -0.4 is 0 Å². The number of imidazole rings is 1. The number of hydrogen-bond acceptors (Lipinski definition) is 5. The molecule has 0 aromatic carbocycles. The number of hydrogen-bond donors (Lipinski definition) is 0. The molecular weight excluding hydrogens is 320 g/mol. The molecule has 2 fully saturated rings. The van der Waals surface area contributed by atoms with Gasteiger partial charge >= 0.3 is 0 Å². The lowest BCUT2D eigenvalue weighted by molar-refractivity contribution is 0.0706. The monoisotopic (exact) mass is 346 g/mol. The van der Waals surface area contributed by atoms with Crippen molar-refractivity contribution >= 4 is 11.3 Å². The molecule has 2 saturated heterocycles. The summed E-state index contributed by atoms with van der Waals surface area (Å²) in [5.74, 6) is 1.14. The van der Waals surface area contributed by atoms with Crippen molar-refractivity contribution in [1.82, 2.24) is 19.4 Å². The Morgan fingerprint density at radius 1 is 1.25 bits per heavy atom. The average Bonchev–Trinajstić information content (AvgIpc) is 3.26. The van der Waals surface area contributed by atoms with Crippen molar-refractivity contribution in [2.45, 2.75) is 19.5 Å². The summed E-state index contributed by atoms with van der Waals surface area (Å²) in [5, 5.41) is 2.17. The van der Waals surface area contributed by atoms with Crippen LogP contribution in [0.1, 0.15) is 17.1 Å². The van der Waals surface area contributed by atoms with E-state index in [-0.39, 0.29) is 5.41 Å². The third kappa shape index (κ3) is 3.57. The van der Waals surface area contributed by atoms with Gasteiger partial charge in [-0.15, -0.1) is 11.3 Å². The fraction of sp³-hybridized carbons (Fsp3) is 0.611. The number of rotatable bonds is 4. The molecule has 2 aliphatic rings. The quantitative estimate of drug-likeness (QED) is 0.850. The maximum Gasteiger partial charge on any atom is 0.122 e. The van der Waals surface area contributed by atoms with E-state index >= 15 is 0 Å². The summed E-state index contributed by atoms with van der Waals surface area (Å²) >= 11 is 1.86. The second-order valence-corrected chi connectivity index (χ2v) is 8.29. The number of aryl methyl sites for hydroxylation is 1. The van der Waals surface area contributed by atoms with E-state index in [4.69, 9.17) is 4.74 Å². The van der Waals surface area contributed by atoms with Crippen LogP contribution in [0.4, 0.5) is 0 Å². The Hall–Kier alpha value is -1.21. The van der Waals surface area contributed by atoms with E-state index in [2.05, 4.69) is 43.9 Å². The van der Waals surface area contributed by atoms with Gasteiger partial charge in [0.2, 0.25) is 0 Å². The van der Waals surface area contributed by atoms with Crippen LogP contribution in [-0.2, 0) is 24.9 Å². The van der Waals surface area contributed by atoms with Crippen molar-refractivity contribution in [3.8, 4) is 0 Å². The second-order valence-electron chi connectivity index (χ2n) is 7.26. The fourth-order valence-corrected chi connectivity index (χ4v) is 4.74. The molecule has 0 bridgehead atoms. The smallest absolute Gasteiger partial charge is 0.122 e. The van der Waals surface area contributed by atoms with Crippen LogP contribution in [0.2, 0.25) is 0 Å². The molecule has 0 saturated carbocycles. The molecule has 4 heterocycles. The third-order valence-corrected chi connectivity index (χ3v) is 6.14. The van der Waals surface area contributed by atoms with E-state index in [9.17, 15) is 0 Å². The maximum absolute atomic E-state index is 6.00. The fourth-order valence-electron chi connectivity index (χ4n) is 4.00. The van der Waals surface area contributed by atoms with Gasteiger partial charge in [0.25, 0.3) is 0 Å². The highest BCUT2D eigenvalue weighted by Gasteiger charge is 2.41. The number of thiophene rings is 1. The summed E-state index contributed by atoms with van der Waals surface area (Å²) in [7, 11) is 2.07. The van der Waals surface area contributed by atoms with Crippen molar-refractivity contribution in [2.24, 2.45) is 12.5 Å². The molecule has 4 rings (SSSR count). The van der Waals surface area contributed by atoms with Gasteiger partial charge in [-0.1, -0.05) is 6.07 Å². The van der Waals surface area contributed by atoms with Crippen LogP contribution in [0.3, 0.4) is 0 Å². The number of likely N-dealkylation sites (tertiary alicyclic amines) is 1. The zero-order valence-corrected chi connectivity index (χ0v) is 15.2. The van der Waals surface area contributed by atoms with Crippen LogP contribution in [-0.4, -0.2) is 58.7 Å². The minimum atomic E-state index is 0.277. The molecule has 0 N–H and O–H groups in total. The predicted octanol–water partition coefficient (Wildman–Crippen LogP) is 2.21. The Bertz CT molecular complexity index is 656. The minimum absolute atomic E-state index is 0.277. The first-order valence-electron chi connectivity index (χ1n) is 8.74. The van der Waals surface area contributed by atoms with Gasteiger partial charge in [-0.3, -0.25) is 9.80 Å². The van der Waals surface area contributed by atoms with Crippen LogP contribution in [0.15, 0.2) is 29.9 Å². The largest absolute Gasteiger partial charge is 0.379 e. The van der Waals surface area contributed by atoms with Gasteiger partial charge < -0.3 is 9.30 Å². The topological polar surface area (TPSA) is 33.5 Å². The normalized spacial score (nSPS) is 26.2. The molecule has 0 amide bonds. The lowest BCUT2D eigenvalue weighted by Gasteiger charge is -2.31. The first-order chi connectivity index (χ1) is 11.7. The van der Waals surface area contributed by atoms with Crippen molar-refractivity contribution < 1.29 is 4.74 Å². The highest BCUT2D eigenvalue weighted by atomic mass is 32.1. The van der Waals surface area contributed by atoms with Gasteiger partial charge in [0.05, 0.1) is 19.8 Å². The molecule has 24 heavy (non-hydrogen) atoms. The Kier molecular flexibility index (Phi) is 4.72. The van der Waals surface area contributed by atoms with Gasteiger partial charge in [-0.05, 0) is 24.4 Å². The second kappa shape index (κ2) is 6.96. The molecule has 0 radical (unpaired) electrons. The standard InChI is InChI=1S/C18H26N4OS/c1-20-7-5-19-17(20)12-22-8-9-23-15-18(14-22)4-6-21(13-18)11-16-3-2-10-24-16/h2-3,5,7,10H,4,6,8-9,11-15H2,1H3/t18-/m0/s1.